The van der Waals surface area contributed by atoms with Crippen molar-refractivity contribution in [3.63, 3.8) is 0 Å². The fourth-order valence-corrected chi connectivity index (χ4v) is 4.03. The number of hydrogen-bond acceptors (Lipinski definition) is 6. The summed E-state index contributed by atoms with van der Waals surface area (Å²) in [5, 5.41) is 4.10. The van der Waals surface area contributed by atoms with Crippen LogP contribution >= 0.6 is 11.6 Å². The van der Waals surface area contributed by atoms with Crippen LogP contribution in [0.4, 0.5) is 5.82 Å². The molecule has 0 amide bonds. The number of rotatable bonds is 6. The molecule has 1 aliphatic carbocycles. The van der Waals surface area contributed by atoms with E-state index in [-0.39, 0.29) is 0 Å². The largest absolute Gasteiger partial charge is 0.476 e. The van der Waals surface area contributed by atoms with Crippen LogP contribution in [0.15, 0.2) is 24.7 Å². The van der Waals surface area contributed by atoms with E-state index in [4.69, 9.17) is 21.1 Å². The fraction of sp³-hybridized carbons (Fsp3) is 0.571. The maximum atomic E-state index is 6.41. The second kappa shape index (κ2) is 9.52. The summed E-state index contributed by atoms with van der Waals surface area (Å²) in [4.78, 5) is 13.4. The van der Waals surface area contributed by atoms with Gasteiger partial charge < -0.3 is 14.8 Å². The first kappa shape index (κ1) is 19.4. The lowest BCUT2D eigenvalue weighted by Gasteiger charge is -2.23. The smallest absolute Gasteiger partial charge is 0.232 e. The summed E-state index contributed by atoms with van der Waals surface area (Å²) in [6.07, 6.45) is 13.4. The van der Waals surface area contributed by atoms with Crippen molar-refractivity contribution in [1.82, 2.24) is 15.0 Å². The van der Waals surface area contributed by atoms with Gasteiger partial charge in [0, 0.05) is 31.0 Å². The van der Waals surface area contributed by atoms with Crippen molar-refractivity contribution >= 4 is 17.4 Å². The summed E-state index contributed by atoms with van der Waals surface area (Å²) < 4.78 is 11.3. The molecule has 1 aliphatic heterocycles. The van der Waals surface area contributed by atoms with Crippen molar-refractivity contribution in [3.05, 3.63) is 29.7 Å². The van der Waals surface area contributed by atoms with E-state index in [0.717, 1.165) is 37.4 Å². The third-order valence-electron chi connectivity index (χ3n) is 5.51. The molecule has 0 unspecified atom stereocenters. The standard InChI is InChI=1S/C21H27ClN4O2/c22-18-11-24-20(25-16-4-2-1-3-5-16)10-17(18)19-12-23-13-21(26-19)28-14-15-6-8-27-9-7-15/h10-13,15-16H,1-9,14H2,(H,24,25). The summed E-state index contributed by atoms with van der Waals surface area (Å²) in [6, 6.07) is 2.44. The summed E-state index contributed by atoms with van der Waals surface area (Å²) in [6.45, 7) is 2.26. The van der Waals surface area contributed by atoms with Gasteiger partial charge in [-0.05, 0) is 37.7 Å². The molecule has 2 fully saturated rings. The van der Waals surface area contributed by atoms with Gasteiger partial charge in [-0.15, -0.1) is 0 Å². The van der Waals surface area contributed by atoms with Gasteiger partial charge in [0.15, 0.2) is 0 Å². The molecule has 0 aromatic carbocycles. The average Bonchev–Trinajstić information content (AvgIpc) is 2.75. The Morgan fingerprint density at radius 2 is 1.89 bits per heavy atom. The fourth-order valence-electron chi connectivity index (χ4n) is 3.83. The van der Waals surface area contributed by atoms with E-state index in [1.807, 2.05) is 6.07 Å². The molecule has 150 valence electrons. The zero-order valence-electron chi connectivity index (χ0n) is 16.1. The Labute approximate surface area is 171 Å². The predicted molar refractivity (Wildman–Crippen MR) is 110 cm³/mol. The van der Waals surface area contributed by atoms with Gasteiger partial charge in [-0.1, -0.05) is 30.9 Å². The number of anilines is 1. The Morgan fingerprint density at radius 3 is 2.71 bits per heavy atom. The molecular formula is C21H27ClN4O2. The third kappa shape index (κ3) is 5.11. The number of nitrogens with one attached hydrogen (secondary N) is 1. The Hall–Kier alpha value is -1.92. The van der Waals surface area contributed by atoms with Gasteiger partial charge in [-0.25, -0.2) is 9.97 Å². The third-order valence-corrected chi connectivity index (χ3v) is 5.81. The lowest BCUT2D eigenvalue weighted by Crippen LogP contribution is -2.22. The van der Waals surface area contributed by atoms with Crippen LogP contribution in [0, 0.1) is 5.92 Å². The molecule has 2 aromatic heterocycles. The minimum atomic E-state index is 0.482. The Balaban J connectivity index is 1.45. The molecule has 0 bridgehead atoms. The SMILES string of the molecule is Clc1cnc(NC2CCCCC2)cc1-c1cncc(OCC2CCOCC2)n1. The molecule has 6 nitrogen and oxygen atoms in total. The van der Waals surface area contributed by atoms with E-state index < -0.39 is 0 Å². The molecule has 4 rings (SSSR count). The summed E-state index contributed by atoms with van der Waals surface area (Å²) >= 11 is 6.41. The van der Waals surface area contributed by atoms with Gasteiger partial charge in [0.25, 0.3) is 0 Å². The van der Waals surface area contributed by atoms with E-state index >= 15 is 0 Å². The lowest BCUT2D eigenvalue weighted by molar-refractivity contribution is 0.0490. The zero-order valence-corrected chi connectivity index (χ0v) is 16.8. The molecule has 0 atom stereocenters. The number of halogens is 1. The molecule has 2 aromatic rings. The summed E-state index contributed by atoms with van der Waals surface area (Å²) in [5.74, 6) is 1.87. The van der Waals surface area contributed by atoms with Crippen molar-refractivity contribution in [2.45, 2.75) is 51.0 Å². The molecular weight excluding hydrogens is 376 g/mol. The van der Waals surface area contributed by atoms with Crippen molar-refractivity contribution in [1.29, 1.82) is 0 Å². The molecule has 0 radical (unpaired) electrons. The predicted octanol–water partition coefficient (Wildman–Crippen LogP) is 4.74. The molecule has 28 heavy (non-hydrogen) atoms. The van der Waals surface area contributed by atoms with Gasteiger partial charge in [0.05, 0.1) is 29.7 Å². The highest BCUT2D eigenvalue weighted by Gasteiger charge is 2.17. The van der Waals surface area contributed by atoms with Crippen LogP contribution < -0.4 is 10.1 Å². The van der Waals surface area contributed by atoms with Gasteiger partial charge in [0.2, 0.25) is 5.88 Å². The maximum Gasteiger partial charge on any atom is 0.232 e. The van der Waals surface area contributed by atoms with Crippen molar-refractivity contribution in [2.24, 2.45) is 5.92 Å². The summed E-state index contributed by atoms with van der Waals surface area (Å²) in [5.41, 5.74) is 1.52. The normalized spacial score (nSPS) is 18.8. The first-order chi connectivity index (χ1) is 13.8. The lowest BCUT2D eigenvalue weighted by atomic mass is 9.95. The van der Waals surface area contributed by atoms with Crippen molar-refractivity contribution < 1.29 is 9.47 Å². The maximum absolute atomic E-state index is 6.41. The van der Waals surface area contributed by atoms with Crippen LogP contribution in [0.2, 0.25) is 5.02 Å². The molecule has 1 saturated heterocycles. The quantitative estimate of drug-likeness (QED) is 0.752. The van der Waals surface area contributed by atoms with E-state index in [2.05, 4.69) is 20.3 Å². The summed E-state index contributed by atoms with van der Waals surface area (Å²) in [7, 11) is 0. The van der Waals surface area contributed by atoms with E-state index in [0.29, 0.717) is 35.2 Å². The van der Waals surface area contributed by atoms with Crippen LogP contribution in [0.25, 0.3) is 11.3 Å². The van der Waals surface area contributed by atoms with Crippen LogP contribution in [-0.4, -0.2) is 40.8 Å². The average molecular weight is 403 g/mol. The number of pyridine rings is 1. The molecule has 7 heteroatoms. The zero-order chi connectivity index (χ0) is 19.2. The Kier molecular flexibility index (Phi) is 6.60. The van der Waals surface area contributed by atoms with Gasteiger partial charge in [-0.2, -0.15) is 0 Å². The van der Waals surface area contributed by atoms with Crippen LogP contribution in [-0.2, 0) is 4.74 Å². The Morgan fingerprint density at radius 1 is 1.07 bits per heavy atom. The number of ether oxygens (including phenoxy) is 2. The molecule has 1 saturated carbocycles. The highest BCUT2D eigenvalue weighted by atomic mass is 35.5. The van der Waals surface area contributed by atoms with Gasteiger partial charge in [0.1, 0.15) is 5.82 Å². The van der Waals surface area contributed by atoms with Gasteiger partial charge >= 0.3 is 0 Å². The topological polar surface area (TPSA) is 69.2 Å². The van der Waals surface area contributed by atoms with Crippen LogP contribution in [0.3, 0.4) is 0 Å². The number of aromatic nitrogens is 3. The first-order valence-electron chi connectivity index (χ1n) is 10.2. The monoisotopic (exact) mass is 402 g/mol. The molecule has 1 N–H and O–H groups in total. The van der Waals surface area contributed by atoms with Crippen LogP contribution in [0.5, 0.6) is 5.88 Å². The number of hydrogen-bond donors (Lipinski definition) is 1. The van der Waals surface area contributed by atoms with Crippen molar-refractivity contribution in [3.8, 4) is 17.1 Å². The molecule has 3 heterocycles. The minimum Gasteiger partial charge on any atom is -0.476 e. The van der Waals surface area contributed by atoms with Crippen LogP contribution in [0.1, 0.15) is 44.9 Å². The second-order valence-corrected chi connectivity index (χ2v) is 8.05. The highest BCUT2D eigenvalue weighted by molar-refractivity contribution is 6.33. The van der Waals surface area contributed by atoms with Crippen molar-refractivity contribution in [2.75, 3.05) is 25.1 Å². The molecule has 2 aliphatic rings. The molecule has 0 spiro atoms. The van der Waals surface area contributed by atoms with E-state index in [1.165, 1.54) is 32.1 Å². The van der Waals surface area contributed by atoms with E-state index in [9.17, 15) is 0 Å². The number of nitrogens with zero attached hydrogens (tertiary/aromatic N) is 3. The first-order valence-corrected chi connectivity index (χ1v) is 10.6. The highest BCUT2D eigenvalue weighted by Crippen LogP contribution is 2.30. The Bertz CT molecular complexity index is 777. The minimum absolute atomic E-state index is 0.482. The second-order valence-electron chi connectivity index (χ2n) is 7.64. The van der Waals surface area contributed by atoms with E-state index in [1.54, 1.807) is 18.6 Å². The van der Waals surface area contributed by atoms with Gasteiger partial charge in [-0.3, -0.25) is 4.98 Å².